The molecular weight excluding hydrogens is 344 g/mol. The van der Waals surface area contributed by atoms with Gasteiger partial charge in [0.15, 0.2) is 11.5 Å². The number of hydrogen-bond acceptors (Lipinski definition) is 4. The van der Waals surface area contributed by atoms with E-state index in [4.69, 9.17) is 9.47 Å². The molecule has 1 heterocycles. The number of rotatable bonds is 6. The van der Waals surface area contributed by atoms with Crippen molar-refractivity contribution in [3.8, 4) is 11.5 Å². The summed E-state index contributed by atoms with van der Waals surface area (Å²) in [5, 5.41) is 5.73. The van der Waals surface area contributed by atoms with Gasteiger partial charge in [-0.3, -0.25) is 9.59 Å². The van der Waals surface area contributed by atoms with Crippen molar-refractivity contribution in [2.45, 2.75) is 32.2 Å². The van der Waals surface area contributed by atoms with Crippen LogP contribution in [0.1, 0.15) is 25.8 Å². The third-order valence-corrected chi connectivity index (χ3v) is 4.63. The summed E-state index contributed by atoms with van der Waals surface area (Å²) < 4.78 is 11.0. The van der Waals surface area contributed by atoms with Gasteiger partial charge in [-0.1, -0.05) is 37.3 Å². The van der Waals surface area contributed by atoms with Crippen LogP contribution < -0.4 is 20.1 Å². The highest BCUT2D eigenvalue weighted by Crippen LogP contribution is 2.32. The molecule has 1 aliphatic rings. The van der Waals surface area contributed by atoms with Gasteiger partial charge in [0, 0.05) is 11.8 Å². The molecule has 0 saturated heterocycles. The molecule has 0 radical (unpaired) electrons. The first-order valence-electron chi connectivity index (χ1n) is 9.06. The zero-order valence-corrected chi connectivity index (χ0v) is 15.6. The molecule has 1 aliphatic heterocycles. The van der Waals surface area contributed by atoms with Crippen LogP contribution in [0.2, 0.25) is 0 Å². The number of carbonyl (C=O) groups is 2. The third-order valence-electron chi connectivity index (χ3n) is 4.63. The molecule has 6 nitrogen and oxygen atoms in total. The van der Waals surface area contributed by atoms with Crippen molar-refractivity contribution in [3.05, 3.63) is 54.1 Å². The van der Waals surface area contributed by atoms with Crippen molar-refractivity contribution in [3.63, 3.8) is 0 Å². The molecule has 142 valence electrons. The summed E-state index contributed by atoms with van der Waals surface area (Å²) in [6.45, 7) is 4.59. The highest BCUT2D eigenvalue weighted by Gasteiger charge is 2.33. The monoisotopic (exact) mass is 368 g/mol. The van der Waals surface area contributed by atoms with Gasteiger partial charge >= 0.3 is 0 Å². The summed E-state index contributed by atoms with van der Waals surface area (Å²) in [4.78, 5) is 25.2. The minimum absolute atomic E-state index is 0.192. The van der Waals surface area contributed by atoms with Crippen LogP contribution in [0, 0.1) is 0 Å². The zero-order chi connectivity index (χ0) is 19.3. The summed E-state index contributed by atoms with van der Waals surface area (Å²) in [5.41, 5.74) is 0.487. The topological polar surface area (TPSA) is 76.7 Å². The normalized spacial score (nSPS) is 14.7. The number of nitrogens with one attached hydrogen (secondary N) is 2. The molecular formula is C21H24N2O4. The Kier molecular flexibility index (Phi) is 5.64. The van der Waals surface area contributed by atoms with Crippen LogP contribution in [0.5, 0.6) is 11.5 Å². The van der Waals surface area contributed by atoms with E-state index < -0.39 is 5.54 Å². The van der Waals surface area contributed by atoms with Gasteiger partial charge in [0.25, 0.3) is 0 Å². The second-order valence-electron chi connectivity index (χ2n) is 6.71. The Bertz CT molecular complexity index is 822. The molecule has 2 N–H and O–H groups in total. The molecule has 0 spiro atoms. The number of ether oxygens (including phenoxy) is 2. The van der Waals surface area contributed by atoms with E-state index in [-0.39, 0.29) is 18.2 Å². The second kappa shape index (κ2) is 8.12. The lowest BCUT2D eigenvalue weighted by Crippen LogP contribution is -2.54. The van der Waals surface area contributed by atoms with Crippen molar-refractivity contribution in [2.75, 3.05) is 18.5 Å². The van der Waals surface area contributed by atoms with Gasteiger partial charge in [0.05, 0.1) is 6.42 Å². The quantitative estimate of drug-likeness (QED) is 0.822. The van der Waals surface area contributed by atoms with Crippen LogP contribution >= 0.6 is 0 Å². The minimum atomic E-state index is -1.01. The standard InChI is InChI=1S/C21H24N2O4/c1-3-21(2,23-19(24)13-15-7-5-4-6-8-15)20(25)22-16-9-10-17-18(14-16)27-12-11-26-17/h4-10,14H,3,11-13H2,1-2H3,(H,22,25)(H,23,24). The summed E-state index contributed by atoms with van der Waals surface area (Å²) in [5.74, 6) is 0.796. The van der Waals surface area contributed by atoms with E-state index in [1.165, 1.54) is 0 Å². The molecule has 3 rings (SSSR count). The first kappa shape index (κ1) is 18.8. The average Bonchev–Trinajstić information content (AvgIpc) is 2.68. The van der Waals surface area contributed by atoms with Crippen molar-refractivity contribution < 1.29 is 19.1 Å². The lowest BCUT2D eigenvalue weighted by atomic mass is 9.96. The van der Waals surface area contributed by atoms with Gasteiger partial charge in [0.2, 0.25) is 11.8 Å². The van der Waals surface area contributed by atoms with Gasteiger partial charge in [-0.2, -0.15) is 0 Å². The van der Waals surface area contributed by atoms with E-state index in [0.717, 1.165) is 5.56 Å². The molecule has 2 aromatic rings. The summed E-state index contributed by atoms with van der Waals surface area (Å²) in [6, 6.07) is 14.7. The summed E-state index contributed by atoms with van der Waals surface area (Å²) >= 11 is 0. The maximum absolute atomic E-state index is 12.8. The van der Waals surface area contributed by atoms with E-state index in [1.807, 2.05) is 37.3 Å². The first-order valence-corrected chi connectivity index (χ1v) is 9.06. The Balaban J connectivity index is 1.66. The smallest absolute Gasteiger partial charge is 0.249 e. The molecule has 2 aromatic carbocycles. The first-order chi connectivity index (χ1) is 13.0. The molecule has 2 amide bonds. The van der Waals surface area contributed by atoms with Crippen LogP contribution in [-0.2, 0) is 16.0 Å². The number of anilines is 1. The zero-order valence-electron chi connectivity index (χ0n) is 15.6. The van der Waals surface area contributed by atoms with Gasteiger partial charge in [-0.25, -0.2) is 0 Å². The SMILES string of the molecule is CCC(C)(NC(=O)Cc1ccccc1)C(=O)Nc1ccc2c(c1)OCCO2. The molecule has 6 heteroatoms. The Hall–Kier alpha value is -3.02. The number of carbonyl (C=O) groups excluding carboxylic acids is 2. The van der Waals surface area contributed by atoms with Crippen molar-refractivity contribution in [2.24, 2.45) is 0 Å². The molecule has 0 aromatic heterocycles. The highest BCUT2D eigenvalue weighted by atomic mass is 16.6. The van der Waals surface area contributed by atoms with Crippen LogP contribution in [0.15, 0.2) is 48.5 Å². The number of fused-ring (bicyclic) bond motifs is 1. The van der Waals surface area contributed by atoms with Gasteiger partial charge in [-0.05, 0) is 31.0 Å². The summed E-state index contributed by atoms with van der Waals surface area (Å²) in [6.07, 6.45) is 0.692. The molecule has 0 fully saturated rings. The van der Waals surface area contributed by atoms with E-state index in [9.17, 15) is 9.59 Å². The Labute approximate surface area is 158 Å². The molecule has 0 saturated carbocycles. The summed E-state index contributed by atoms with van der Waals surface area (Å²) in [7, 11) is 0. The molecule has 1 unspecified atom stereocenters. The van der Waals surface area contributed by atoms with Crippen molar-refractivity contribution in [1.82, 2.24) is 5.32 Å². The Morgan fingerprint density at radius 3 is 2.44 bits per heavy atom. The van der Waals surface area contributed by atoms with E-state index in [2.05, 4.69) is 10.6 Å². The Morgan fingerprint density at radius 1 is 1.04 bits per heavy atom. The predicted molar refractivity (Wildman–Crippen MR) is 103 cm³/mol. The molecule has 0 aliphatic carbocycles. The number of amides is 2. The van der Waals surface area contributed by atoms with Gasteiger partial charge < -0.3 is 20.1 Å². The maximum atomic E-state index is 12.8. The number of hydrogen-bond donors (Lipinski definition) is 2. The fraction of sp³-hybridized carbons (Fsp3) is 0.333. The van der Waals surface area contributed by atoms with E-state index in [1.54, 1.807) is 25.1 Å². The Morgan fingerprint density at radius 2 is 1.74 bits per heavy atom. The minimum Gasteiger partial charge on any atom is -0.486 e. The highest BCUT2D eigenvalue weighted by molar-refractivity contribution is 6.00. The lowest BCUT2D eigenvalue weighted by molar-refractivity contribution is -0.129. The fourth-order valence-corrected chi connectivity index (χ4v) is 2.83. The van der Waals surface area contributed by atoms with Gasteiger partial charge in [-0.15, -0.1) is 0 Å². The molecule has 0 bridgehead atoms. The van der Waals surface area contributed by atoms with Gasteiger partial charge in [0.1, 0.15) is 18.8 Å². The largest absolute Gasteiger partial charge is 0.486 e. The predicted octanol–water partition coefficient (Wildman–Crippen LogP) is 2.92. The average molecular weight is 368 g/mol. The molecule has 1 atom stereocenters. The van der Waals surface area contributed by atoms with Crippen LogP contribution in [0.4, 0.5) is 5.69 Å². The second-order valence-corrected chi connectivity index (χ2v) is 6.71. The van der Waals surface area contributed by atoms with Crippen LogP contribution in [0.25, 0.3) is 0 Å². The van der Waals surface area contributed by atoms with Crippen molar-refractivity contribution >= 4 is 17.5 Å². The molecule has 27 heavy (non-hydrogen) atoms. The fourth-order valence-electron chi connectivity index (χ4n) is 2.83. The van der Waals surface area contributed by atoms with Crippen LogP contribution in [0.3, 0.4) is 0 Å². The third kappa shape index (κ3) is 4.58. The van der Waals surface area contributed by atoms with E-state index in [0.29, 0.717) is 36.8 Å². The van der Waals surface area contributed by atoms with Crippen molar-refractivity contribution in [1.29, 1.82) is 0 Å². The number of benzene rings is 2. The lowest BCUT2D eigenvalue weighted by Gasteiger charge is -2.28. The maximum Gasteiger partial charge on any atom is 0.249 e. The van der Waals surface area contributed by atoms with Crippen LogP contribution in [-0.4, -0.2) is 30.6 Å². The van der Waals surface area contributed by atoms with E-state index >= 15 is 0 Å².